The zero-order valence-electron chi connectivity index (χ0n) is 8.40. The lowest BCUT2D eigenvalue weighted by atomic mass is 9.94. The third kappa shape index (κ3) is 4.87. The van der Waals surface area contributed by atoms with E-state index in [-0.39, 0.29) is 5.75 Å². The van der Waals surface area contributed by atoms with Crippen LogP contribution < -0.4 is 17.4 Å². The van der Waals surface area contributed by atoms with Crippen LogP contribution in [0.1, 0.15) is 26.2 Å². The molecule has 0 spiro atoms. The predicted molar refractivity (Wildman–Crippen MR) is 54.6 cm³/mol. The van der Waals surface area contributed by atoms with Crippen LogP contribution in [0.3, 0.4) is 0 Å². The second kappa shape index (κ2) is 5.62. The SMILES string of the molecule is CCC(N)(CCCN)CS(=O)(=O)ON. The van der Waals surface area contributed by atoms with Crippen molar-refractivity contribution in [1.29, 1.82) is 0 Å². The van der Waals surface area contributed by atoms with E-state index in [1.807, 2.05) is 6.92 Å². The molecule has 0 saturated heterocycles. The Hall–Kier alpha value is -0.210. The van der Waals surface area contributed by atoms with Crippen LogP contribution in [-0.4, -0.2) is 26.3 Å². The Morgan fingerprint density at radius 2 is 2.00 bits per heavy atom. The molecule has 0 rings (SSSR count). The van der Waals surface area contributed by atoms with Crippen LogP contribution >= 0.6 is 0 Å². The van der Waals surface area contributed by atoms with Crippen LogP contribution in [0.25, 0.3) is 0 Å². The molecule has 0 fully saturated rings. The Bertz CT molecular complexity index is 255. The van der Waals surface area contributed by atoms with E-state index in [2.05, 4.69) is 10.2 Å². The maximum Gasteiger partial charge on any atom is 0.284 e. The van der Waals surface area contributed by atoms with Crippen LogP contribution in [0.5, 0.6) is 0 Å². The molecule has 0 saturated carbocycles. The van der Waals surface area contributed by atoms with E-state index in [1.165, 1.54) is 0 Å². The van der Waals surface area contributed by atoms with Crippen molar-refractivity contribution in [2.24, 2.45) is 17.4 Å². The van der Waals surface area contributed by atoms with Crippen molar-refractivity contribution >= 4 is 10.1 Å². The lowest BCUT2D eigenvalue weighted by molar-refractivity contribution is 0.316. The van der Waals surface area contributed by atoms with Gasteiger partial charge in [-0.25, -0.2) is 0 Å². The summed E-state index contributed by atoms with van der Waals surface area (Å²) in [5, 5.41) is 0. The van der Waals surface area contributed by atoms with Gasteiger partial charge < -0.3 is 11.5 Å². The monoisotopic (exact) mass is 225 g/mol. The summed E-state index contributed by atoms with van der Waals surface area (Å²) in [7, 11) is -3.71. The van der Waals surface area contributed by atoms with Gasteiger partial charge in [0.25, 0.3) is 10.1 Å². The minimum Gasteiger partial charge on any atom is -0.330 e. The van der Waals surface area contributed by atoms with Gasteiger partial charge in [-0.3, -0.25) is 0 Å². The van der Waals surface area contributed by atoms with Gasteiger partial charge in [0.05, 0.1) is 5.75 Å². The van der Waals surface area contributed by atoms with Crippen molar-refractivity contribution < 1.29 is 12.7 Å². The van der Waals surface area contributed by atoms with E-state index in [0.717, 1.165) is 0 Å². The Morgan fingerprint density at radius 1 is 1.43 bits per heavy atom. The van der Waals surface area contributed by atoms with Crippen molar-refractivity contribution in [3.63, 3.8) is 0 Å². The summed E-state index contributed by atoms with van der Waals surface area (Å²) in [6.07, 6.45) is 1.77. The molecule has 0 aliphatic rings. The normalized spacial score (nSPS) is 16.6. The number of rotatable bonds is 7. The molecule has 86 valence electrons. The fourth-order valence-electron chi connectivity index (χ4n) is 1.19. The van der Waals surface area contributed by atoms with Crippen molar-refractivity contribution in [1.82, 2.24) is 0 Å². The van der Waals surface area contributed by atoms with Crippen molar-refractivity contribution in [3.8, 4) is 0 Å². The first-order valence-electron chi connectivity index (χ1n) is 4.49. The number of hydrogen-bond donors (Lipinski definition) is 3. The molecule has 0 aromatic heterocycles. The molecule has 0 heterocycles. The van der Waals surface area contributed by atoms with Gasteiger partial charge in [-0.1, -0.05) is 6.92 Å². The lowest BCUT2D eigenvalue weighted by Crippen LogP contribution is -2.46. The Balaban J connectivity index is 4.39. The summed E-state index contributed by atoms with van der Waals surface area (Å²) in [6.45, 7) is 2.31. The quantitative estimate of drug-likeness (QED) is 0.480. The number of nitrogens with two attached hydrogens (primary N) is 3. The summed E-state index contributed by atoms with van der Waals surface area (Å²) in [6, 6.07) is 0. The molecule has 1 unspecified atom stereocenters. The third-order valence-corrected chi connectivity index (χ3v) is 3.42. The highest BCUT2D eigenvalue weighted by atomic mass is 32.2. The lowest BCUT2D eigenvalue weighted by Gasteiger charge is -2.26. The van der Waals surface area contributed by atoms with Crippen molar-refractivity contribution in [3.05, 3.63) is 0 Å². The van der Waals surface area contributed by atoms with Crippen LogP contribution in [0.2, 0.25) is 0 Å². The highest BCUT2D eigenvalue weighted by Crippen LogP contribution is 2.16. The average Bonchev–Trinajstić information content (AvgIpc) is 2.14. The molecule has 14 heavy (non-hydrogen) atoms. The molecule has 0 radical (unpaired) electrons. The van der Waals surface area contributed by atoms with E-state index >= 15 is 0 Å². The highest BCUT2D eigenvalue weighted by Gasteiger charge is 2.29. The topological polar surface area (TPSA) is 121 Å². The summed E-state index contributed by atoms with van der Waals surface area (Å²) in [5.74, 6) is 4.36. The van der Waals surface area contributed by atoms with E-state index in [1.54, 1.807) is 0 Å². The highest BCUT2D eigenvalue weighted by molar-refractivity contribution is 7.86. The van der Waals surface area contributed by atoms with Gasteiger partial charge in [0.2, 0.25) is 0 Å². The van der Waals surface area contributed by atoms with Crippen LogP contribution in [0.4, 0.5) is 0 Å². The molecule has 0 amide bonds. The fourth-order valence-corrected chi connectivity index (χ4v) is 2.31. The van der Waals surface area contributed by atoms with Gasteiger partial charge in [0.1, 0.15) is 0 Å². The zero-order chi connectivity index (χ0) is 11.2. The van der Waals surface area contributed by atoms with E-state index in [4.69, 9.17) is 11.5 Å². The fraction of sp³-hybridized carbons (Fsp3) is 1.00. The Morgan fingerprint density at radius 3 is 2.36 bits per heavy atom. The van der Waals surface area contributed by atoms with Gasteiger partial charge in [0.15, 0.2) is 0 Å². The maximum absolute atomic E-state index is 11.1. The smallest absolute Gasteiger partial charge is 0.284 e. The largest absolute Gasteiger partial charge is 0.330 e. The Labute approximate surface area is 84.9 Å². The van der Waals surface area contributed by atoms with E-state index in [0.29, 0.717) is 25.8 Å². The molecule has 0 aromatic carbocycles. The molecular weight excluding hydrogens is 206 g/mol. The van der Waals surface area contributed by atoms with Crippen LogP contribution in [0.15, 0.2) is 0 Å². The minimum absolute atomic E-state index is 0.271. The van der Waals surface area contributed by atoms with Crippen molar-refractivity contribution in [2.45, 2.75) is 31.7 Å². The second-order valence-electron chi connectivity index (χ2n) is 3.41. The molecule has 0 aliphatic carbocycles. The first-order chi connectivity index (χ1) is 6.39. The molecule has 6 N–H and O–H groups in total. The summed E-state index contributed by atoms with van der Waals surface area (Å²) >= 11 is 0. The van der Waals surface area contributed by atoms with Gasteiger partial charge in [-0.05, 0) is 25.8 Å². The molecule has 7 heteroatoms. The molecule has 6 nitrogen and oxygen atoms in total. The summed E-state index contributed by atoms with van der Waals surface area (Å²) in [4.78, 5) is 0. The predicted octanol–water partition coefficient (Wildman–Crippen LogP) is -0.947. The molecule has 1 atom stereocenters. The average molecular weight is 225 g/mol. The van der Waals surface area contributed by atoms with Crippen LogP contribution in [0, 0.1) is 0 Å². The standard InChI is InChI=1S/C7H19N3O3S/c1-2-7(9,4-3-5-8)6-14(11,12)13-10/h2-6,8-10H2,1H3. The summed E-state index contributed by atoms with van der Waals surface area (Å²) in [5.41, 5.74) is 10.4. The summed E-state index contributed by atoms with van der Waals surface area (Å²) < 4.78 is 26.0. The molecule has 0 bridgehead atoms. The Kier molecular flexibility index (Phi) is 5.53. The second-order valence-corrected chi connectivity index (χ2v) is 5.00. The van der Waals surface area contributed by atoms with Crippen molar-refractivity contribution in [2.75, 3.05) is 12.3 Å². The zero-order valence-corrected chi connectivity index (χ0v) is 9.22. The van der Waals surface area contributed by atoms with E-state index < -0.39 is 15.7 Å². The third-order valence-electron chi connectivity index (χ3n) is 2.19. The van der Waals surface area contributed by atoms with E-state index in [9.17, 15) is 8.42 Å². The number of hydrogen-bond acceptors (Lipinski definition) is 6. The molecule has 0 aliphatic heterocycles. The molecule has 0 aromatic rings. The molecular formula is C7H19N3O3S. The minimum atomic E-state index is -3.71. The van der Waals surface area contributed by atoms with Crippen LogP contribution in [-0.2, 0) is 14.4 Å². The maximum atomic E-state index is 11.1. The van der Waals surface area contributed by atoms with Gasteiger partial charge in [-0.2, -0.15) is 18.6 Å². The van der Waals surface area contributed by atoms with Gasteiger partial charge in [-0.15, -0.1) is 0 Å². The first kappa shape index (κ1) is 13.8. The van der Waals surface area contributed by atoms with Gasteiger partial charge in [0, 0.05) is 5.54 Å². The van der Waals surface area contributed by atoms with Gasteiger partial charge >= 0.3 is 0 Å². The first-order valence-corrected chi connectivity index (χ1v) is 6.07.